The molecule has 2 aromatic rings. The molecule has 1 aliphatic heterocycles. The molecule has 3 rings (SSSR count). The minimum absolute atomic E-state index is 0.0755. The molecule has 1 aliphatic rings. The van der Waals surface area contributed by atoms with E-state index in [0.717, 1.165) is 0 Å². The Kier molecular flexibility index (Phi) is 6.11. The van der Waals surface area contributed by atoms with Gasteiger partial charge in [-0.3, -0.25) is 4.57 Å². The van der Waals surface area contributed by atoms with Crippen molar-refractivity contribution in [1.82, 2.24) is 19.5 Å². The van der Waals surface area contributed by atoms with E-state index < -0.39 is 34.5 Å². The SMILES string of the molecule is Nc1ncnc2c1ncn2[C@@H]1OC[C@@H](O)[C@H]1O.O=[P+](O)OP(=O)(O)O. The number of fused-ring (bicyclic) bond motifs is 1. The zero-order valence-electron chi connectivity index (χ0n) is 12.2. The lowest BCUT2D eigenvalue weighted by Crippen LogP contribution is -2.28. The van der Waals surface area contributed by atoms with Crippen molar-refractivity contribution < 1.29 is 43.1 Å². The Hall–Kier alpha value is -1.60. The lowest BCUT2D eigenvalue weighted by Gasteiger charge is -2.16. The number of ether oxygens (including phenoxy) is 1. The molecule has 0 radical (unpaired) electrons. The van der Waals surface area contributed by atoms with Crippen LogP contribution >= 0.6 is 16.1 Å². The van der Waals surface area contributed by atoms with Gasteiger partial charge in [0.25, 0.3) is 0 Å². The van der Waals surface area contributed by atoms with E-state index in [9.17, 15) is 19.3 Å². The summed E-state index contributed by atoms with van der Waals surface area (Å²) in [7, 11) is -7.96. The molecule has 2 aromatic heterocycles. The topological polar surface area (TPSA) is 223 Å². The summed E-state index contributed by atoms with van der Waals surface area (Å²) in [4.78, 5) is 35.1. The van der Waals surface area contributed by atoms with Crippen LogP contribution in [0.25, 0.3) is 11.2 Å². The number of phosphoric acid groups is 1. The summed E-state index contributed by atoms with van der Waals surface area (Å²) in [6.07, 6.45) is 0.152. The average molecular weight is 398 g/mol. The molecule has 138 valence electrons. The van der Waals surface area contributed by atoms with Gasteiger partial charge in [0.05, 0.1) is 12.9 Å². The molecule has 0 amide bonds. The van der Waals surface area contributed by atoms with Gasteiger partial charge in [-0.25, -0.2) is 19.5 Å². The van der Waals surface area contributed by atoms with Crippen molar-refractivity contribution >= 4 is 33.1 Å². The van der Waals surface area contributed by atoms with Gasteiger partial charge < -0.3 is 30.5 Å². The van der Waals surface area contributed by atoms with E-state index in [4.69, 9.17) is 25.2 Å². The molecule has 4 atom stereocenters. The van der Waals surface area contributed by atoms with E-state index in [1.807, 2.05) is 0 Å². The fourth-order valence-corrected chi connectivity index (χ4v) is 2.70. The normalized spacial score (nSPS) is 24.0. The zero-order valence-corrected chi connectivity index (χ0v) is 14.0. The first kappa shape index (κ1) is 19.7. The van der Waals surface area contributed by atoms with Gasteiger partial charge in [-0.05, 0) is 4.31 Å². The third-order valence-electron chi connectivity index (χ3n) is 2.96. The Morgan fingerprint density at radius 2 is 2.04 bits per heavy atom. The van der Waals surface area contributed by atoms with Crippen LogP contribution in [0.4, 0.5) is 5.82 Å². The van der Waals surface area contributed by atoms with E-state index >= 15 is 0 Å². The van der Waals surface area contributed by atoms with Crippen molar-refractivity contribution in [3.63, 3.8) is 0 Å². The molecule has 1 unspecified atom stereocenters. The summed E-state index contributed by atoms with van der Waals surface area (Å²) < 4.78 is 29.0. The van der Waals surface area contributed by atoms with Crippen molar-refractivity contribution in [2.45, 2.75) is 18.4 Å². The van der Waals surface area contributed by atoms with E-state index in [1.54, 1.807) is 0 Å². The van der Waals surface area contributed by atoms with Crippen LogP contribution in [0, 0.1) is 0 Å². The number of nitrogen functional groups attached to an aromatic ring is 1. The number of hydrogen-bond donors (Lipinski definition) is 6. The number of rotatable bonds is 3. The second kappa shape index (κ2) is 7.74. The van der Waals surface area contributed by atoms with Crippen molar-refractivity contribution in [2.75, 3.05) is 12.3 Å². The molecule has 1 fully saturated rings. The number of aliphatic hydroxyl groups is 2. The first-order chi connectivity index (χ1) is 11.6. The molecule has 25 heavy (non-hydrogen) atoms. The molecule has 0 aromatic carbocycles. The van der Waals surface area contributed by atoms with Crippen LogP contribution in [0.3, 0.4) is 0 Å². The van der Waals surface area contributed by atoms with E-state index in [-0.39, 0.29) is 12.4 Å². The number of nitrogens with zero attached hydrogens (tertiary/aromatic N) is 4. The monoisotopic (exact) mass is 398 g/mol. The van der Waals surface area contributed by atoms with Crippen LogP contribution in [0.2, 0.25) is 0 Å². The second-order valence-corrected chi connectivity index (χ2v) is 6.78. The van der Waals surface area contributed by atoms with Gasteiger partial charge in [-0.15, -0.1) is 4.89 Å². The third kappa shape index (κ3) is 4.95. The lowest BCUT2D eigenvalue weighted by molar-refractivity contribution is -0.0162. The van der Waals surface area contributed by atoms with Crippen LogP contribution in [0.5, 0.6) is 0 Å². The Morgan fingerprint density at radius 1 is 1.36 bits per heavy atom. The highest BCUT2D eigenvalue weighted by Crippen LogP contribution is 2.45. The fraction of sp³-hybridized carbons (Fsp3) is 0.444. The van der Waals surface area contributed by atoms with Crippen molar-refractivity contribution in [3.05, 3.63) is 12.7 Å². The van der Waals surface area contributed by atoms with E-state index in [1.165, 1.54) is 17.2 Å². The van der Waals surface area contributed by atoms with E-state index in [2.05, 4.69) is 19.3 Å². The molecule has 7 N–H and O–H groups in total. The first-order valence-corrected chi connectivity index (χ1v) is 9.08. The molecule has 0 bridgehead atoms. The van der Waals surface area contributed by atoms with Gasteiger partial charge in [0.15, 0.2) is 17.7 Å². The van der Waals surface area contributed by atoms with Crippen molar-refractivity contribution in [3.8, 4) is 0 Å². The van der Waals surface area contributed by atoms with Crippen molar-refractivity contribution in [1.29, 1.82) is 0 Å². The minimum atomic E-state index is -4.76. The first-order valence-electron chi connectivity index (χ1n) is 6.42. The summed E-state index contributed by atoms with van der Waals surface area (Å²) in [6.45, 7) is 0.0755. The smallest absolute Gasteiger partial charge is 0.388 e. The Morgan fingerprint density at radius 3 is 2.52 bits per heavy atom. The molecule has 0 spiro atoms. The molecule has 3 heterocycles. The summed E-state index contributed by atoms with van der Waals surface area (Å²) in [5, 5.41) is 19.2. The van der Waals surface area contributed by atoms with Gasteiger partial charge >= 0.3 is 16.1 Å². The van der Waals surface area contributed by atoms with Gasteiger partial charge in [0, 0.05) is 4.57 Å². The maximum absolute atomic E-state index is 9.76. The van der Waals surface area contributed by atoms with Crippen LogP contribution < -0.4 is 5.73 Å². The Bertz CT molecular complexity index is 810. The maximum atomic E-state index is 9.76. The molecule has 1 saturated heterocycles. The van der Waals surface area contributed by atoms with Gasteiger partial charge in [-0.1, -0.05) is 0 Å². The summed E-state index contributed by atoms with van der Waals surface area (Å²) in [5.74, 6) is 0.266. The Balaban J connectivity index is 0.000000242. The number of anilines is 1. The summed E-state index contributed by atoms with van der Waals surface area (Å²) in [6, 6.07) is 0. The molecule has 14 nitrogen and oxygen atoms in total. The number of imidazole rings is 1. The summed E-state index contributed by atoms with van der Waals surface area (Å²) >= 11 is 0. The number of nitrogens with two attached hydrogens (primary N) is 1. The number of aromatic nitrogens is 4. The van der Waals surface area contributed by atoms with Crippen LogP contribution in [-0.2, 0) is 18.2 Å². The average Bonchev–Trinajstić information content (AvgIpc) is 3.03. The largest absolute Gasteiger partial charge is 0.705 e. The molecule has 16 heteroatoms. The zero-order chi connectivity index (χ0) is 18.8. The standard InChI is InChI=1S/C9H11N5O3.H2O6P2/c10-7-5-8(12-2-11-7)14(3-13-5)9-6(16)4(15)1-17-9;1-7(2)6-8(3,4)5/h2-4,6,9,15-16H,1H2,(H2,10,11,12);(H2-,1,2,3,4,5)/p+1/t4-,6-,9-;/m1./s1. The lowest BCUT2D eigenvalue weighted by atomic mass is 10.2. The minimum Gasteiger partial charge on any atom is -0.388 e. The maximum Gasteiger partial charge on any atom is 0.705 e. The molecule has 0 saturated carbocycles. The quantitative estimate of drug-likeness (QED) is 0.321. The van der Waals surface area contributed by atoms with Crippen LogP contribution in [0.1, 0.15) is 6.23 Å². The van der Waals surface area contributed by atoms with Crippen LogP contribution in [-0.4, -0.2) is 63.2 Å². The highest BCUT2D eigenvalue weighted by atomic mass is 31.2. The van der Waals surface area contributed by atoms with Gasteiger partial charge in [0.1, 0.15) is 24.1 Å². The number of hydrogen-bond acceptors (Lipinski definition) is 10. The third-order valence-corrected chi connectivity index (χ3v) is 4.37. The van der Waals surface area contributed by atoms with Crippen LogP contribution in [0.15, 0.2) is 12.7 Å². The molecule has 0 aliphatic carbocycles. The molecular formula is C9H14N5O9P2+. The second-order valence-electron chi connectivity index (χ2n) is 4.67. The Labute approximate surface area is 140 Å². The predicted octanol–water partition coefficient (Wildman–Crippen LogP) is -1.60. The van der Waals surface area contributed by atoms with Gasteiger partial charge in [0.2, 0.25) is 0 Å². The highest BCUT2D eigenvalue weighted by Gasteiger charge is 2.36. The van der Waals surface area contributed by atoms with E-state index in [0.29, 0.717) is 11.2 Å². The fourth-order valence-electron chi connectivity index (χ4n) is 1.98. The van der Waals surface area contributed by atoms with Crippen molar-refractivity contribution in [2.24, 2.45) is 0 Å². The predicted molar refractivity (Wildman–Crippen MR) is 79.7 cm³/mol. The molecular weight excluding hydrogens is 384 g/mol. The number of aliphatic hydroxyl groups excluding tert-OH is 2. The highest BCUT2D eigenvalue weighted by molar-refractivity contribution is 7.54. The summed E-state index contributed by atoms with van der Waals surface area (Å²) in [5.41, 5.74) is 6.57. The van der Waals surface area contributed by atoms with Gasteiger partial charge in [-0.2, -0.15) is 0 Å².